The van der Waals surface area contributed by atoms with E-state index in [-0.39, 0.29) is 6.04 Å². The van der Waals surface area contributed by atoms with Crippen LogP contribution in [0.5, 0.6) is 0 Å². The minimum absolute atomic E-state index is 0.0624. The Bertz CT molecular complexity index is 2020. The number of rotatable bonds is 15. The molecule has 0 saturated carbocycles. The van der Waals surface area contributed by atoms with Crippen LogP contribution in [0.1, 0.15) is 75.3 Å². The fourth-order valence-electron chi connectivity index (χ4n) is 6.35. The van der Waals surface area contributed by atoms with E-state index in [1.165, 1.54) is 57.3 Å². The summed E-state index contributed by atoms with van der Waals surface area (Å²) < 4.78 is 0. The van der Waals surface area contributed by atoms with Crippen LogP contribution >= 0.6 is 11.8 Å². The van der Waals surface area contributed by atoms with Crippen LogP contribution in [0.4, 0.5) is 5.69 Å². The molecule has 55 heavy (non-hydrogen) atoms. The third-order valence-corrected chi connectivity index (χ3v) is 10.6. The molecule has 0 amide bonds. The average molecular weight is 745 g/mol. The second-order valence-corrected chi connectivity index (χ2v) is 14.5. The summed E-state index contributed by atoms with van der Waals surface area (Å²) in [6, 6.07) is 51.9. The summed E-state index contributed by atoms with van der Waals surface area (Å²) in [6.07, 6.45) is 5.32. The lowest BCUT2D eigenvalue weighted by atomic mass is 9.96. The smallest absolute Gasteiger partial charge is 0.0314 e. The van der Waals surface area contributed by atoms with Gasteiger partial charge in [-0.15, -0.1) is 11.8 Å². The monoisotopic (exact) mass is 744 g/mol. The van der Waals surface area contributed by atoms with Crippen LogP contribution in [0.3, 0.4) is 0 Å². The van der Waals surface area contributed by atoms with Crippen molar-refractivity contribution in [3.05, 3.63) is 187 Å². The number of anilines is 1. The van der Waals surface area contributed by atoms with E-state index in [2.05, 4.69) is 141 Å². The number of nitrogens with two attached hydrogens (primary N) is 2. The number of unbranched alkanes of at least 4 members (excludes halogenated alkanes) is 1. The number of nitrogen functional groups attached to an aromatic ring is 1. The predicted octanol–water partition coefficient (Wildman–Crippen LogP) is 14.2. The van der Waals surface area contributed by atoms with Gasteiger partial charge in [0.2, 0.25) is 0 Å². The highest BCUT2D eigenvalue weighted by Crippen LogP contribution is 2.32. The molecule has 6 aromatic rings. The molecule has 6 aromatic carbocycles. The topological polar surface area (TPSA) is 52.0 Å². The maximum atomic E-state index is 6.63. The number of benzene rings is 6. The fraction of sp³-hybridized carbons (Fsp3) is 0.231. The summed E-state index contributed by atoms with van der Waals surface area (Å²) in [5.74, 6) is 0.782. The van der Waals surface area contributed by atoms with Crippen molar-refractivity contribution in [2.24, 2.45) is 5.73 Å². The van der Waals surface area contributed by atoms with Crippen molar-refractivity contribution >= 4 is 27.9 Å². The minimum atomic E-state index is 0.0624. The van der Waals surface area contributed by atoms with E-state index in [9.17, 15) is 0 Å². The first-order valence-electron chi connectivity index (χ1n) is 19.9. The van der Waals surface area contributed by atoms with Gasteiger partial charge in [-0.2, -0.15) is 0 Å². The molecular formula is C52H60N2S. The van der Waals surface area contributed by atoms with Crippen molar-refractivity contribution in [3.8, 4) is 33.4 Å². The lowest BCUT2D eigenvalue weighted by Gasteiger charge is -2.13. The molecule has 0 radical (unpaired) electrons. The van der Waals surface area contributed by atoms with Crippen molar-refractivity contribution < 1.29 is 0 Å². The van der Waals surface area contributed by atoms with Gasteiger partial charge in [0.25, 0.3) is 0 Å². The summed E-state index contributed by atoms with van der Waals surface area (Å²) in [5, 5.41) is 0. The standard InChI is InChI=1S/C48H48N2S.2C2H6/c1-4-5-6-36-7-13-41(14-8-36)42-15-9-37(10-16-42)31-48(50)32-38-11-17-43(18-12-38)45-25-21-40(22-26-45)35(3)51-33-34(2)39-19-23-44(24-20-39)46-27-29-47(49)30-28-46;2*1-2/h7-30,48H,2-6,31-33,49-50H2,1H3;2*1-2H3. The van der Waals surface area contributed by atoms with Crippen LogP contribution in [0.2, 0.25) is 0 Å². The van der Waals surface area contributed by atoms with E-state index in [1.807, 2.05) is 52.0 Å². The molecule has 0 bridgehead atoms. The zero-order valence-electron chi connectivity index (χ0n) is 33.7. The van der Waals surface area contributed by atoms with Gasteiger partial charge in [-0.25, -0.2) is 0 Å². The molecule has 0 saturated heterocycles. The molecule has 2 nitrogen and oxygen atoms in total. The van der Waals surface area contributed by atoms with Crippen LogP contribution in [0.15, 0.2) is 159 Å². The lowest BCUT2D eigenvalue weighted by molar-refractivity contribution is 0.665. The number of hydrogen-bond acceptors (Lipinski definition) is 3. The van der Waals surface area contributed by atoms with Gasteiger partial charge >= 0.3 is 0 Å². The molecule has 0 aliphatic carbocycles. The average Bonchev–Trinajstić information content (AvgIpc) is 3.24. The summed E-state index contributed by atoms with van der Waals surface area (Å²) in [7, 11) is 0. The van der Waals surface area contributed by atoms with E-state index in [0.717, 1.165) is 57.9 Å². The first kappa shape index (κ1) is 42.6. The zero-order chi connectivity index (χ0) is 39.6. The van der Waals surface area contributed by atoms with Crippen molar-refractivity contribution in [1.82, 2.24) is 0 Å². The molecule has 3 heteroatoms. The molecule has 0 aliphatic rings. The Morgan fingerprint density at radius 2 is 0.855 bits per heavy atom. The zero-order valence-corrected chi connectivity index (χ0v) is 34.5. The van der Waals surface area contributed by atoms with Crippen LogP contribution in [0.25, 0.3) is 43.9 Å². The van der Waals surface area contributed by atoms with Crippen molar-refractivity contribution in [2.75, 3.05) is 11.5 Å². The van der Waals surface area contributed by atoms with Crippen molar-refractivity contribution in [2.45, 2.75) is 72.8 Å². The Balaban J connectivity index is 0.00000163. The fourth-order valence-corrected chi connectivity index (χ4v) is 7.17. The summed E-state index contributed by atoms with van der Waals surface area (Å²) >= 11 is 1.73. The molecule has 4 N–H and O–H groups in total. The van der Waals surface area contributed by atoms with Gasteiger partial charge in [-0.1, -0.05) is 188 Å². The number of hydrogen-bond donors (Lipinski definition) is 2. The Kier molecular flexibility index (Phi) is 17.3. The minimum Gasteiger partial charge on any atom is -0.399 e. The van der Waals surface area contributed by atoms with Gasteiger partial charge in [0.15, 0.2) is 0 Å². The molecule has 0 aliphatic heterocycles. The van der Waals surface area contributed by atoms with Crippen molar-refractivity contribution in [1.29, 1.82) is 0 Å². The van der Waals surface area contributed by atoms with Crippen LogP contribution in [0, 0.1) is 0 Å². The van der Waals surface area contributed by atoms with Gasteiger partial charge in [-0.05, 0) is 105 Å². The highest BCUT2D eigenvalue weighted by molar-refractivity contribution is 8.08. The number of aryl methyl sites for hydroxylation is 1. The van der Waals surface area contributed by atoms with E-state index >= 15 is 0 Å². The third-order valence-electron chi connectivity index (χ3n) is 9.51. The SMILES string of the molecule is C=C(CSC(=C)c1ccc(-c2ccc(CC(N)Cc3ccc(-c4ccc(CCCC)cc4)cc3)cc2)cc1)c1ccc(-c2ccc(N)cc2)cc1.CC.CC. The maximum absolute atomic E-state index is 6.63. The maximum Gasteiger partial charge on any atom is 0.0314 e. The normalized spacial score (nSPS) is 11.0. The van der Waals surface area contributed by atoms with E-state index < -0.39 is 0 Å². The molecule has 6 rings (SSSR count). The number of thioether (sulfide) groups is 1. The Hall–Kier alpha value is -5.09. The second-order valence-electron chi connectivity index (χ2n) is 13.5. The van der Waals surface area contributed by atoms with Gasteiger partial charge in [0, 0.05) is 22.4 Å². The van der Waals surface area contributed by atoms with E-state index in [1.54, 1.807) is 11.8 Å². The summed E-state index contributed by atoms with van der Waals surface area (Å²) in [4.78, 5) is 1.04. The lowest BCUT2D eigenvalue weighted by Crippen LogP contribution is -2.25. The largest absolute Gasteiger partial charge is 0.399 e. The van der Waals surface area contributed by atoms with Crippen LogP contribution in [-0.2, 0) is 19.3 Å². The Labute approximate surface area is 336 Å². The predicted molar refractivity (Wildman–Crippen MR) is 247 cm³/mol. The van der Waals surface area contributed by atoms with Gasteiger partial charge in [0.1, 0.15) is 0 Å². The third kappa shape index (κ3) is 12.7. The molecular weight excluding hydrogens is 685 g/mol. The first-order valence-corrected chi connectivity index (χ1v) is 20.9. The van der Waals surface area contributed by atoms with Crippen LogP contribution < -0.4 is 11.5 Å². The van der Waals surface area contributed by atoms with Crippen LogP contribution in [-0.4, -0.2) is 11.8 Å². The summed E-state index contributed by atoms with van der Waals surface area (Å²) in [6.45, 7) is 18.9. The molecule has 1 unspecified atom stereocenters. The Morgan fingerprint density at radius 3 is 1.25 bits per heavy atom. The molecule has 284 valence electrons. The van der Waals surface area contributed by atoms with Gasteiger partial charge < -0.3 is 11.5 Å². The molecule has 0 heterocycles. The molecule has 1 atom stereocenters. The summed E-state index contributed by atoms with van der Waals surface area (Å²) in [5.41, 5.74) is 27.8. The van der Waals surface area contributed by atoms with E-state index in [0.29, 0.717) is 0 Å². The molecule has 0 spiro atoms. The quantitative estimate of drug-likeness (QED) is 0.103. The highest BCUT2D eigenvalue weighted by atomic mass is 32.2. The second kappa shape index (κ2) is 22.3. The Morgan fingerprint density at radius 1 is 0.509 bits per heavy atom. The highest BCUT2D eigenvalue weighted by Gasteiger charge is 2.09. The first-order chi connectivity index (χ1) is 26.8. The molecule has 0 aromatic heterocycles. The van der Waals surface area contributed by atoms with Crippen molar-refractivity contribution in [3.63, 3.8) is 0 Å². The molecule has 0 fully saturated rings. The van der Waals surface area contributed by atoms with Gasteiger partial charge in [0.05, 0.1) is 0 Å². The van der Waals surface area contributed by atoms with E-state index in [4.69, 9.17) is 11.5 Å². The van der Waals surface area contributed by atoms with Gasteiger partial charge in [-0.3, -0.25) is 0 Å².